The first-order valence-electron chi connectivity index (χ1n) is 13.4. The van der Waals surface area contributed by atoms with Gasteiger partial charge in [0.2, 0.25) is 0 Å². The van der Waals surface area contributed by atoms with Crippen LogP contribution in [-0.4, -0.2) is 51.9 Å². The van der Waals surface area contributed by atoms with Crippen LogP contribution in [0.3, 0.4) is 0 Å². The zero-order valence-corrected chi connectivity index (χ0v) is 22.6. The molecule has 0 bridgehead atoms. The number of aromatic amines is 1. The summed E-state index contributed by atoms with van der Waals surface area (Å²) in [6.45, 7) is 0.820. The number of aromatic nitrogens is 2. The maximum Gasteiger partial charge on any atom is 0.295 e. The molecule has 0 radical (unpaired) electrons. The molecule has 4 heterocycles. The number of ketones is 1. The number of aliphatic hydroxyl groups is 1. The number of Topliss-reactive ketones (excluding diaryl/α,β-unsaturated/α-hetero) is 1. The van der Waals surface area contributed by atoms with E-state index in [1.165, 1.54) is 18.9 Å². The van der Waals surface area contributed by atoms with Gasteiger partial charge in [0, 0.05) is 31.7 Å². The van der Waals surface area contributed by atoms with Gasteiger partial charge in [-0.2, -0.15) is 0 Å². The molecule has 10 heteroatoms. The fraction of sp³-hybridized carbons (Fsp3) is 0.194. The van der Waals surface area contributed by atoms with Gasteiger partial charge < -0.3 is 25.2 Å². The number of pyridine rings is 1. The van der Waals surface area contributed by atoms with Gasteiger partial charge in [0.1, 0.15) is 5.75 Å². The third-order valence-electron chi connectivity index (χ3n) is 7.50. The summed E-state index contributed by atoms with van der Waals surface area (Å²) >= 11 is 0. The average Bonchev–Trinajstić information content (AvgIpc) is 3.72. The minimum absolute atomic E-state index is 0.0338. The lowest BCUT2D eigenvalue weighted by Crippen LogP contribution is -2.40. The molecule has 2 aliphatic heterocycles. The molecular weight excluding hydrogens is 520 g/mol. The molecule has 2 aromatic carbocycles. The van der Waals surface area contributed by atoms with Gasteiger partial charge in [0.25, 0.3) is 11.7 Å². The lowest BCUT2D eigenvalue weighted by Gasteiger charge is -2.30. The minimum Gasteiger partial charge on any atom is -0.494 e. The number of methoxy groups -OCH3 is 1. The molecule has 4 N–H and O–H groups in total. The van der Waals surface area contributed by atoms with Crippen LogP contribution >= 0.6 is 0 Å². The second-order valence-corrected chi connectivity index (χ2v) is 9.87. The number of fused-ring (bicyclic) bond motifs is 1. The van der Waals surface area contributed by atoms with Crippen molar-refractivity contribution in [1.82, 2.24) is 25.8 Å². The smallest absolute Gasteiger partial charge is 0.295 e. The highest BCUT2D eigenvalue weighted by atomic mass is 16.5. The summed E-state index contributed by atoms with van der Waals surface area (Å²) in [5.74, 6) is -0.213. The van der Waals surface area contributed by atoms with Gasteiger partial charge in [0.15, 0.2) is 5.82 Å². The Morgan fingerprint density at radius 3 is 2.54 bits per heavy atom. The molecule has 208 valence electrons. The number of ether oxygens (including phenoxy) is 1. The van der Waals surface area contributed by atoms with Gasteiger partial charge in [-0.15, -0.1) is 5.53 Å². The number of amides is 1. The first-order chi connectivity index (χ1) is 20.1. The van der Waals surface area contributed by atoms with Crippen molar-refractivity contribution in [2.75, 3.05) is 25.2 Å². The molecular formula is C31H30N6O4. The number of nitrogens with one attached hydrogen (secondary N) is 3. The van der Waals surface area contributed by atoms with E-state index in [1.807, 2.05) is 42.5 Å². The van der Waals surface area contributed by atoms with E-state index in [1.54, 1.807) is 28.5 Å². The summed E-state index contributed by atoms with van der Waals surface area (Å²) in [6, 6.07) is 18.1. The Hall–Kier alpha value is -4.93. The maximum absolute atomic E-state index is 13.6. The van der Waals surface area contributed by atoms with Crippen molar-refractivity contribution in [3.8, 4) is 5.75 Å². The van der Waals surface area contributed by atoms with Gasteiger partial charge in [-0.05, 0) is 41.2 Å². The van der Waals surface area contributed by atoms with Crippen LogP contribution in [0.1, 0.15) is 39.9 Å². The first kappa shape index (κ1) is 26.3. The largest absolute Gasteiger partial charge is 0.494 e. The highest BCUT2D eigenvalue weighted by Gasteiger charge is 2.31. The molecule has 2 aromatic heterocycles. The van der Waals surface area contributed by atoms with E-state index >= 15 is 0 Å². The Balaban J connectivity index is 1.27. The minimum atomic E-state index is -0.596. The quantitative estimate of drug-likeness (QED) is 0.203. The first-order valence-corrected chi connectivity index (χ1v) is 13.4. The zero-order valence-electron chi connectivity index (χ0n) is 22.6. The predicted molar refractivity (Wildman–Crippen MR) is 156 cm³/mol. The van der Waals surface area contributed by atoms with Crippen molar-refractivity contribution >= 4 is 34.0 Å². The zero-order chi connectivity index (χ0) is 28.3. The van der Waals surface area contributed by atoms with Crippen LogP contribution in [0.5, 0.6) is 5.75 Å². The summed E-state index contributed by atoms with van der Waals surface area (Å²) < 4.78 is 5.51. The fourth-order valence-corrected chi connectivity index (χ4v) is 5.49. The molecule has 1 saturated heterocycles. The summed E-state index contributed by atoms with van der Waals surface area (Å²) in [6.07, 6.45) is 7.82. The summed E-state index contributed by atoms with van der Waals surface area (Å²) in [5, 5.41) is 11.9. The van der Waals surface area contributed by atoms with Crippen molar-refractivity contribution in [2.45, 2.75) is 19.4 Å². The van der Waals surface area contributed by atoms with Crippen LogP contribution in [-0.2, 0) is 11.4 Å². The highest BCUT2D eigenvalue weighted by molar-refractivity contribution is 6.45. The van der Waals surface area contributed by atoms with Crippen molar-refractivity contribution in [3.63, 3.8) is 0 Å². The van der Waals surface area contributed by atoms with Gasteiger partial charge >= 0.3 is 0 Å². The predicted octanol–water partition coefficient (Wildman–Crippen LogP) is 3.67. The maximum atomic E-state index is 13.6. The average molecular weight is 551 g/mol. The fourth-order valence-electron chi connectivity index (χ4n) is 5.49. The van der Waals surface area contributed by atoms with E-state index in [0.29, 0.717) is 48.4 Å². The number of hydrogen-bond acceptors (Lipinski definition) is 8. The van der Waals surface area contributed by atoms with Gasteiger partial charge in [0.05, 0.1) is 36.4 Å². The topological polar surface area (TPSA) is 123 Å². The summed E-state index contributed by atoms with van der Waals surface area (Å²) in [7, 11) is 1.51. The number of benzene rings is 2. The van der Waals surface area contributed by atoms with Crippen molar-refractivity contribution in [3.05, 3.63) is 107 Å². The standard InChI is InChI=1S/C31H30N6O4/c1-41-25-18-33-30(37-15-12-34-35-37)28-27(25)24(17-32-28)29(39)31(40)36-13-10-22(11-14-36)26(21-7-3-2-4-8-21)23-9-5-6-20(16-23)19-38/h2-9,12,15-18,32,34-35,38H,10-11,13-14,19H2,1H3. The van der Waals surface area contributed by atoms with E-state index in [2.05, 4.69) is 33.1 Å². The molecule has 6 rings (SSSR count). The monoisotopic (exact) mass is 550 g/mol. The molecule has 2 aliphatic rings. The number of anilines is 1. The molecule has 0 unspecified atom stereocenters. The van der Waals surface area contributed by atoms with Crippen LogP contribution in [0, 0.1) is 0 Å². The van der Waals surface area contributed by atoms with Crippen molar-refractivity contribution in [1.29, 1.82) is 0 Å². The highest BCUT2D eigenvalue weighted by Crippen LogP contribution is 2.35. The van der Waals surface area contributed by atoms with Crippen LogP contribution in [0.25, 0.3) is 16.5 Å². The lowest BCUT2D eigenvalue weighted by molar-refractivity contribution is -0.126. The molecule has 1 amide bonds. The van der Waals surface area contributed by atoms with Crippen LogP contribution in [0.15, 0.2) is 85.0 Å². The van der Waals surface area contributed by atoms with Crippen molar-refractivity contribution in [2.24, 2.45) is 0 Å². The van der Waals surface area contributed by atoms with E-state index in [0.717, 1.165) is 22.3 Å². The number of H-pyrrole nitrogens is 1. The molecule has 0 spiro atoms. The molecule has 0 atom stereocenters. The SMILES string of the molecule is COc1cnc(N2C=CNN2)c2[nH]cc(C(=O)C(=O)N3CCC(=C(c4ccccc4)c4cccc(CO)c4)CC3)c12. The molecule has 0 saturated carbocycles. The third-order valence-corrected chi connectivity index (χ3v) is 7.50. The van der Waals surface area contributed by atoms with Crippen LogP contribution in [0.2, 0.25) is 0 Å². The number of nitrogens with zero attached hydrogens (tertiary/aromatic N) is 3. The number of piperidine rings is 1. The molecule has 10 nitrogen and oxygen atoms in total. The second kappa shape index (κ2) is 11.3. The summed E-state index contributed by atoms with van der Waals surface area (Å²) in [4.78, 5) is 36.3. The van der Waals surface area contributed by atoms with Crippen LogP contribution < -0.4 is 20.7 Å². The normalized spacial score (nSPS) is 14.8. The van der Waals surface area contributed by atoms with E-state index < -0.39 is 11.7 Å². The number of hydrogen-bond donors (Lipinski definition) is 4. The Bertz CT molecular complexity index is 1670. The summed E-state index contributed by atoms with van der Waals surface area (Å²) in [5.41, 5.74) is 11.9. The van der Waals surface area contributed by atoms with Gasteiger partial charge in [-0.25, -0.2) is 9.99 Å². The Morgan fingerprint density at radius 1 is 1.05 bits per heavy atom. The molecule has 4 aromatic rings. The molecule has 41 heavy (non-hydrogen) atoms. The number of carbonyl (C=O) groups is 2. The third kappa shape index (κ3) is 4.94. The van der Waals surface area contributed by atoms with Gasteiger partial charge in [-0.1, -0.05) is 54.1 Å². The Labute approximate surface area is 236 Å². The van der Waals surface area contributed by atoms with E-state index in [-0.39, 0.29) is 12.2 Å². The van der Waals surface area contributed by atoms with Gasteiger partial charge in [-0.3, -0.25) is 9.59 Å². The number of carbonyl (C=O) groups excluding carboxylic acids is 2. The molecule has 1 fully saturated rings. The van der Waals surface area contributed by atoms with E-state index in [9.17, 15) is 14.7 Å². The Kier molecular flexibility index (Phi) is 7.24. The van der Waals surface area contributed by atoms with E-state index in [4.69, 9.17) is 4.74 Å². The molecule has 0 aliphatic carbocycles. The second-order valence-electron chi connectivity index (χ2n) is 9.87. The van der Waals surface area contributed by atoms with Crippen molar-refractivity contribution < 1.29 is 19.4 Å². The van der Waals surface area contributed by atoms with Crippen LogP contribution in [0.4, 0.5) is 5.82 Å². The number of aliphatic hydroxyl groups excluding tert-OH is 1. The number of rotatable bonds is 7. The lowest BCUT2D eigenvalue weighted by atomic mass is 9.87. The Morgan fingerprint density at radius 2 is 1.83 bits per heavy atom. The number of hydrazine groups is 2. The number of likely N-dealkylation sites (tertiary alicyclic amines) is 1.